The lowest BCUT2D eigenvalue weighted by atomic mass is 9.86. The van der Waals surface area contributed by atoms with Crippen LogP contribution in [0.4, 0.5) is 14.9 Å². The SMILES string of the molecule is O=C(Nc1cc(F)ccc1Br)NC1CCCC(C(=O)O)C1. The smallest absolute Gasteiger partial charge is 0.319 e. The van der Waals surface area contributed by atoms with Crippen molar-refractivity contribution in [2.24, 2.45) is 5.92 Å². The molecule has 2 unspecified atom stereocenters. The minimum Gasteiger partial charge on any atom is -0.481 e. The van der Waals surface area contributed by atoms with Gasteiger partial charge >= 0.3 is 12.0 Å². The number of carboxylic acids is 1. The van der Waals surface area contributed by atoms with Crippen LogP contribution in [-0.2, 0) is 4.79 Å². The highest BCUT2D eigenvalue weighted by Crippen LogP contribution is 2.25. The Morgan fingerprint density at radius 2 is 2.10 bits per heavy atom. The molecular weight excluding hydrogens is 343 g/mol. The number of amides is 2. The molecule has 3 N–H and O–H groups in total. The monoisotopic (exact) mass is 358 g/mol. The molecule has 2 amide bonds. The predicted molar refractivity (Wildman–Crippen MR) is 79.6 cm³/mol. The van der Waals surface area contributed by atoms with Gasteiger partial charge in [0.1, 0.15) is 5.82 Å². The highest BCUT2D eigenvalue weighted by Gasteiger charge is 2.27. The van der Waals surface area contributed by atoms with E-state index in [1.807, 2.05) is 0 Å². The lowest BCUT2D eigenvalue weighted by Crippen LogP contribution is -2.42. The van der Waals surface area contributed by atoms with Gasteiger partial charge in [0.2, 0.25) is 0 Å². The molecule has 0 saturated heterocycles. The second kappa shape index (κ2) is 6.89. The van der Waals surface area contributed by atoms with E-state index in [0.717, 1.165) is 12.8 Å². The number of urea groups is 1. The van der Waals surface area contributed by atoms with Crippen molar-refractivity contribution in [3.63, 3.8) is 0 Å². The van der Waals surface area contributed by atoms with Crippen LogP contribution in [-0.4, -0.2) is 23.1 Å². The summed E-state index contributed by atoms with van der Waals surface area (Å²) < 4.78 is 13.7. The summed E-state index contributed by atoms with van der Waals surface area (Å²) in [6, 6.07) is 3.37. The third kappa shape index (κ3) is 4.42. The van der Waals surface area contributed by atoms with Crippen molar-refractivity contribution in [3.05, 3.63) is 28.5 Å². The van der Waals surface area contributed by atoms with Crippen LogP contribution >= 0.6 is 15.9 Å². The Labute approximate surface area is 130 Å². The second-order valence-electron chi connectivity index (χ2n) is 5.12. The number of carbonyl (C=O) groups is 2. The van der Waals surface area contributed by atoms with Crippen molar-refractivity contribution in [3.8, 4) is 0 Å². The number of hydrogen-bond donors (Lipinski definition) is 3. The molecule has 1 aromatic rings. The number of benzene rings is 1. The summed E-state index contributed by atoms with van der Waals surface area (Å²) in [5.74, 6) is -1.68. The fourth-order valence-electron chi connectivity index (χ4n) is 2.48. The van der Waals surface area contributed by atoms with Gasteiger partial charge in [-0.3, -0.25) is 4.79 Å². The van der Waals surface area contributed by atoms with Crippen LogP contribution in [0.3, 0.4) is 0 Å². The number of carbonyl (C=O) groups excluding carboxylic acids is 1. The summed E-state index contributed by atoms with van der Waals surface area (Å²) in [5.41, 5.74) is 0.332. The van der Waals surface area contributed by atoms with E-state index in [0.29, 0.717) is 23.0 Å². The van der Waals surface area contributed by atoms with E-state index in [-0.39, 0.29) is 6.04 Å². The molecule has 5 nitrogen and oxygen atoms in total. The number of rotatable bonds is 3. The van der Waals surface area contributed by atoms with Crippen LogP contribution < -0.4 is 10.6 Å². The zero-order valence-electron chi connectivity index (χ0n) is 11.2. The van der Waals surface area contributed by atoms with Gasteiger partial charge in [-0.1, -0.05) is 6.42 Å². The molecule has 1 fully saturated rings. The summed E-state index contributed by atoms with van der Waals surface area (Å²) >= 11 is 3.23. The maximum absolute atomic E-state index is 13.1. The van der Waals surface area contributed by atoms with Gasteiger partial charge in [0, 0.05) is 10.5 Å². The molecule has 1 aromatic carbocycles. The Kier molecular flexibility index (Phi) is 5.17. The Morgan fingerprint density at radius 3 is 2.81 bits per heavy atom. The molecule has 1 aliphatic rings. The molecule has 7 heteroatoms. The van der Waals surface area contributed by atoms with Gasteiger partial charge in [-0.15, -0.1) is 0 Å². The largest absolute Gasteiger partial charge is 0.481 e. The van der Waals surface area contributed by atoms with Gasteiger partial charge < -0.3 is 15.7 Å². The van der Waals surface area contributed by atoms with Gasteiger partial charge in [0.25, 0.3) is 0 Å². The number of anilines is 1. The first-order valence-electron chi connectivity index (χ1n) is 6.71. The van der Waals surface area contributed by atoms with Crippen molar-refractivity contribution >= 4 is 33.6 Å². The zero-order valence-corrected chi connectivity index (χ0v) is 12.8. The van der Waals surface area contributed by atoms with E-state index in [4.69, 9.17) is 5.11 Å². The number of carboxylic acid groups (broad SMARTS) is 1. The Balaban J connectivity index is 1.92. The third-order valence-corrected chi connectivity index (χ3v) is 4.23. The molecule has 21 heavy (non-hydrogen) atoms. The molecule has 1 aliphatic carbocycles. The Hall–Kier alpha value is -1.63. The fourth-order valence-corrected chi connectivity index (χ4v) is 2.83. The van der Waals surface area contributed by atoms with Crippen LogP contribution in [0.1, 0.15) is 25.7 Å². The van der Waals surface area contributed by atoms with Gasteiger partial charge in [0.05, 0.1) is 11.6 Å². The molecule has 0 radical (unpaired) electrons. The normalized spacial score (nSPS) is 21.6. The molecule has 2 atom stereocenters. The summed E-state index contributed by atoms with van der Waals surface area (Å²) in [4.78, 5) is 22.9. The predicted octanol–water partition coefficient (Wildman–Crippen LogP) is 3.35. The minimum absolute atomic E-state index is 0.174. The molecule has 0 spiro atoms. The van der Waals surface area contributed by atoms with Crippen LogP contribution in [0, 0.1) is 11.7 Å². The number of nitrogens with one attached hydrogen (secondary N) is 2. The molecule has 1 saturated carbocycles. The topological polar surface area (TPSA) is 78.4 Å². The summed E-state index contributed by atoms with van der Waals surface area (Å²) in [6.45, 7) is 0. The first kappa shape index (κ1) is 15.8. The van der Waals surface area contributed by atoms with E-state index in [1.165, 1.54) is 18.2 Å². The van der Waals surface area contributed by atoms with E-state index in [1.54, 1.807) is 0 Å². The Morgan fingerprint density at radius 1 is 1.33 bits per heavy atom. The van der Waals surface area contributed by atoms with Crippen molar-refractivity contribution < 1.29 is 19.1 Å². The first-order valence-corrected chi connectivity index (χ1v) is 7.50. The average molecular weight is 359 g/mol. The van der Waals surface area contributed by atoms with Crippen LogP contribution in [0.25, 0.3) is 0 Å². The maximum Gasteiger partial charge on any atom is 0.319 e. The molecule has 0 aliphatic heterocycles. The van der Waals surface area contributed by atoms with Crippen LogP contribution in [0.5, 0.6) is 0 Å². The van der Waals surface area contributed by atoms with Crippen molar-refractivity contribution in [2.75, 3.05) is 5.32 Å². The highest BCUT2D eigenvalue weighted by molar-refractivity contribution is 9.10. The molecule has 0 heterocycles. The second-order valence-corrected chi connectivity index (χ2v) is 5.98. The van der Waals surface area contributed by atoms with Crippen molar-refractivity contribution in [1.82, 2.24) is 5.32 Å². The number of hydrogen-bond acceptors (Lipinski definition) is 2. The summed E-state index contributed by atoms with van der Waals surface area (Å²) in [7, 11) is 0. The van der Waals surface area contributed by atoms with Gasteiger partial charge in [-0.05, 0) is 53.4 Å². The maximum atomic E-state index is 13.1. The average Bonchev–Trinajstić information content (AvgIpc) is 2.43. The van der Waals surface area contributed by atoms with Crippen LogP contribution in [0.2, 0.25) is 0 Å². The number of aliphatic carboxylic acids is 1. The molecular formula is C14H16BrFN2O3. The van der Waals surface area contributed by atoms with Crippen molar-refractivity contribution in [2.45, 2.75) is 31.7 Å². The van der Waals surface area contributed by atoms with E-state index < -0.39 is 23.7 Å². The zero-order chi connectivity index (χ0) is 15.4. The standard InChI is InChI=1S/C14H16BrFN2O3/c15-11-5-4-9(16)7-12(11)18-14(21)17-10-3-1-2-8(6-10)13(19)20/h4-5,7-8,10H,1-3,6H2,(H,19,20)(H2,17,18,21). The minimum atomic E-state index is -0.824. The van der Waals surface area contributed by atoms with Crippen molar-refractivity contribution in [1.29, 1.82) is 0 Å². The van der Waals surface area contributed by atoms with Gasteiger partial charge in [-0.2, -0.15) is 0 Å². The van der Waals surface area contributed by atoms with Gasteiger partial charge in [0.15, 0.2) is 0 Å². The third-order valence-electron chi connectivity index (χ3n) is 3.54. The molecule has 2 rings (SSSR count). The fraction of sp³-hybridized carbons (Fsp3) is 0.429. The molecule has 0 aromatic heterocycles. The van der Waals surface area contributed by atoms with E-state index in [2.05, 4.69) is 26.6 Å². The van der Waals surface area contributed by atoms with E-state index >= 15 is 0 Å². The van der Waals surface area contributed by atoms with Gasteiger partial charge in [-0.25, -0.2) is 9.18 Å². The lowest BCUT2D eigenvalue weighted by molar-refractivity contribution is -0.143. The molecule has 0 bridgehead atoms. The summed E-state index contributed by atoms with van der Waals surface area (Å²) in [5, 5.41) is 14.3. The lowest BCUT2D eigenvalue weighted by Gasteiger charge is -2.27. The molecule has 114 valence electrons. The summed E-state index contributed by atoms with van der Waals surface area (Å²) in [6.07, 6.45) is 2.59. The first-order chi connectivity index (χ1) is 9.95. The Bertz CT molecular complexity index is 553. The quantitative estimate of drug-likeness (QED) is 0.775. The number of halogens is 2. The highest BCUT2D eigenvalue weighted by atomic mass is 79.9. The van der Waals surface area contributed by atoms with E-state index in [9.17, 15) is 14.0 Å². The van der Waals surface area contributed by atoms with Crippen LogP contribution in [0.15, 0.2) is 22.7 Å².